The molecule has 2 aromatic heterocycles. The molecule has 11 atom stereocenters. The number of hydrogen-bond donors (Lipinski definition) is 10. The van der Waals surface area contributed by atoms with Gasteiger partial charge in [-0.25, -0.2) is 13.9 Å². The molecule has 0 unspecified atom stereocenters. The van der Waals surface area contributed by atoms with Crippen LogP contribution in [0.25, 0.3) is 10.9 Å². The highest BCUT2D eigenvalue weighted by molar-refractivity contribution is 6.00. The Hall–Kier alpha value is -11.6. The summed E-state index contributed by atoms with van der Waals surface area (Å²) < 4.78 is 74.9. The average molecular weight is 1720 g/mol. The quantitative estimate of drug-likeness (QED) is 0.0400. The van der Waals surface area contributed by atoms with Gasteiger partial charge in [-0.05, 0) is 123 Å². The number of carbonyl (C=O) groups is 13. The number of aromatic nitrogens is 4. The number of benzene rings is 4. The Morgan fingerprint density at radius 1 is 0.732 bits per heavy atom. The molecule has 0 spiro atoms. The molecule has 34 nitrogen and oxygen atoms in total. The van der Waals surface area contributed by atoms with E-state index in [0.29, 0.717) is 74.1 Å². The molecule has 12 rings (SSSR count). The van der Waals surface area contributed by atoms with Crippen molar-refractivity contribution in [2.75, 3.05) is 94.0 Å². The van der Waals surface area contributed by atoms with Gasteiger partial charge in [-0.1, -0.05) is 65.9 Å². The molecule has 6 aliphatic rings. The normalized spacial score (nSPS) is 24.0. The SMILES string of the molecule is COc1ccc(C[C@@H]2NC(=O)[C@H]([C@@H](C)O)CC(=O)[C@@H]3[C@@H]4CCN3C(=O)[C@H]3CC(=O)[C@H](Cc5cccc(c5)CNC(=O)CO4)NC(=O)[C@@H](CNC(=O)CCOCCOCC[N+](C)(C)C)NC(=O)[C@H](C)NC(=O)CCC(=O)N[C@H](Cn4cc(nn4)Cn4cc(c5cc(F)ccc54)C3)c3ccc(cc3)CCNC(=O)[C@]3(C)CCCN3C2=O)cc1.O=C(O)C(F)(F)F. The minimum absolute atomic E-state index is 0.00211. The smallest absolute Gasteiger partial charge is 0.490 e. The summed E-state index contributed by atoms with van der Waals surface area (Å²) in [6, 6.07) is 16.4. The zero-order valence-electron chi connectivity index (χ0n) is 69.7. The lowest BCUT2D eigenvalue weighted by atomic mass is 9.87. The Labute approximate surface area is 707 Å². The third kappa shape index (κ3) is 26.2. The van der Waals surface area contributed by atoms with Crippen molar-refractivity contribution in [1.82, 2.24) is 71.9 Å². The lowest BCUT2D eigenvalue weighted by Gasteiger charge is -2.37. The second-order valence-electron chi connectivity index (χ2n) is 32.7. The fourth-order valence-corrected chi connectivity index (χ4v) is 15.5. The molecule has 4 aromatic carbocycles. The molecule has 123 heavy (non-hydrogen) atoms. The monoisotopic (exact) mass is 1720 g/mol. The van der Waals surface area contributed by atoms with E-state index in [0.717, 1.165) is 12.1 Å². The van der Waals surface area contributed by atoms with Crippen molar-refractivity contribution >= 4 is 87.5 Å². The molecular weight excluding hydrogens is 1610 g/mol. The molecular formula is C85H108F4N15O19+. The first kappa shape index (κ1) is 93.7. The number of aliphatic hydroxyl groups excluding tert-OH is 1. The minimum Gasteiger partial charge on any atom is -0.497 e. The van der Waals surface area contributed by atoms with Crippen LogP contribution in [0.2, 0.25) is 0 Å². The van der Waals surface area contributed by atoms with E-state index in [1.807, 2.05) is 33.3 Å². The number of likely N-dealkylation sites (N-methyl/N-ethyl adjacent to an activating group) is 1. The number of amides is 10. The van der Waals surface area contributed by atoms with Gasteiger partial charge in [0, 0.05) is 94.3 Å². The highest BCUT2D eigenvalue weighted by Gasteiger charge is 2.50. The standard InChI is InChI=1S/C83H106FN15O17.C2HF3O2/c1-50-77(107)92-66(44-87-72(103)26-32-114-34-35-115-33-31-99(4,5)6)79(109)90-64-38-54-10-8-11-55(36-54)43-86-75(106)49-116-71-25-30-97-76(71)70(102)42-62(51(2)100)78(108)91-65(37-53-14-19-61(113-7)20-15-53)81(111)98-29-9-27-83(98,3)82(112)85-28-24-52-12-16-56(17-13-52)67(89-74(105)23-22-73(104)88-50)48-96-47-60(93-94-96)46-95-45-58(39-57(80(97)110)40-69(64)101)63-41-59(84)18-21-68(63)95;3-2(4,5)1(6)7/h8,10-21,36,41,45,47,50-51,57,62,64-67,71,76,100H,9,22-35,37-40,42-44,46,48-49H2,1-7H3,(H7-,85,86,87,88,89,90,91,92,103,104,105,106,107,108,109,112);(H,6,7)/p+1/t50-,51+,57+,62-,64-,65-,66+,67+,71-,76+,83-;/m0./s1. The fraction of sp³-hybridized carbons (Fsp3) is 0.518. The first-order valence-corrected chi connectivity index (χ1v) is 40.9. The summed E-state index contributed by atoms with van der Waals surface area (Å²) in [7, 11) is 7.59. The number of aliphatic hydroxyl groups is 1. The number of carboxylic acid groups (broad SMARTS) is 1. The molecule has 6 aromatic rings. The number of rotatable bonds is 15. The molecule has 38 heteroatoms. The zero-order valence-corrected chi connectivity index (χ0v) is 69.7. The summed E-state index contributed by atoms with van der Waals surface area (Å²) in [4.78, 5) is 190. The fourth-order valence-electron chi connectivity index (χ4n) is 15.5. The van der Waals surface area contributed by atoms with Crippen LogP contribution < -0.4 is 47.3 Å². The molecule has 0 saturated carbocycles. The third-order valence-corrected chi connectivity index (χ3v) is 22.3. The highest BCUT2D eigenvalue weighted by atomic mass is 19.4. The van der Waals surface area contributed by atoms with E-state index in [-0.39, 0.29) is 104 Å². The highest BCUT2D eigenvalue weighted by Crippen LogP contribution is 2.35. The summed E-state index contributed by atoms with van der Waals surface area (Å²) in [5.41, 5.74) is 2.75. The number of fused-ring (bicyclic) bond motifs is 16. The van der Waals surface area contributed by atoms with Crippen LogP contribution in [0.5, 0.6) is 5.75 Å². The van der Waals surface area contributed by atoms with Crippen LogP contribution in [-0.2, 0) is 122 Å². The minimum atomic E-state index is -5.08. The number of carbonyl (C=O) groups excluding carboxylic acids is 12. The van der Waals surface area contributed by atoms with Crippen molar-refractivity contribution in [3.63, 3.8) is 0 Å². The van der Waals surface area contributed by atoms with Gasteiger partial charge in [0.2, 0.25) is 59.1 Å². The van der Waals surface area contributed by atoms with Gasteiger partial charge in [-0.3, -0.25) is 57.5 Å². The lowest BCUT2D eigenvalue weighted by Crippen LogP contribution is -2.60. The third-order valence-electron chi connectivity index (χ3n) is 22.3. The van der Waals surface area contributed by atoms with Crippen molar-refractivity contribution in [3.05, 3.63) is 148 Å². The molecule has 6 aliphatic heterocycles. The number of Topliss-reactive ketones (excluding diaryl/α,β-unsaturated/α-hetero) is 2. The van der Waals surface area contributed by atoms with Crippen LogP contribution >= 0.6 is 0 Å². The molecule has 664 valence electrons. The van der Waals surface area contributed by atoms with Gasteiger partial charge in [-0.15, -0.1) is 5.10 Å². The number of hydrogen-bond acceptors (Lipinski definition) is 20. The Morgan fingerprint density at radius 2 is 1.43 bits per heavy atom. The van der Waals surface area contributed by atoms with E-state index < -0.39 is 187 Å². The summed E-state index contributed by atoms with van der Waals surface area (Å²) >= 11 is 0. The molecule has 14 bridgehead atoms. The number of alkyl halides is 3. The van der Waals surface area contributed by atoms with Crippen molar-refractivity contribution in [2.45, 2.75) is 178 Å². The molecule has 0 radical (unpaired) electrons. The van der Waals surface area contributed by atoms with Gasteiger partial charge in [0.15, 0.2) is 11.6 Å². The molecule has 2 saturated heterocycles. The summed E-state index contributed by atoms with van der Waals surface area (Å²) in [6.07, 6.45) is -6.82. The number of ketones is 2. The van der Waals surface area contributed by atoms with Gasteiger partial charge in [-0.2, -0.15) is 13.2 Å². The first-order chi connectivity index (χ1) is 58.4. The van der Waals surface area contributed by atoms with Crippen LogP contribution in [-0.4, -0.2) is 269 Å². The average Bonchev–Trinajstić information content (AvgIpc) is 1.59. The number of halogens is 4. The molecule has 8 heterocycles. The number of aliphatic carboxylic acids is 1. The van der Waals surface area contributed by atoms with Gasteiger partial charge in [0.25, 0.3) is 0 Å². The zero-order chi connectivity index (χ0) is 89.0. The van der Waals surface area contributed by atoms with Crippen LogP contribution in [0.3, 0.4) is 0 Å². The number of nitrogens with zero attached hydrogens (tertiary/aromatic N) is 7. The van der Waals surface area contributed by atoms with Crippen molar-refractivity contribution in [2.24, 2.45) is 11.8 Å². The van der Waals surface area contributed by atoms with Crippen LogP contribution in [0.4, 0.5) is 17.6 Å². The maximum Gasteiger partial charge on any atom is 0.490 e. The Morgan fingerprint density at radius 3 is 2.13 bits per heavy atom. The van der Waals surface area contributed by atoms with Gasteiger partial charge in [0.05, 0.1) is 104 Å². The van der Waals surface area contributed by atoms with Crippen LogP contribution in [0.1, 0.15) is 117 Å². The van der Waals surface area contributed by atoms with Crippen molar-refractivity contribution < 1.29 is 114 Å². The maximum atomic E-state index is 16.4. The van der Waals surface area contributed by atoms with Crippen LogP contribution in [0, 0.1) is 17.7 Å². The molecule has 10 N–H and O–H groups in total. The maximum absolute atomic E-state index is 16.4. The van der Waals surface area contributed by atoms with Gasteiger partial charge < -0.3 is 90.5 Å². The first-order valence-electron chi connectivity index (χ1n) is 40.9. The van der Waals surface area contributed by atoms with E-state index in [9.17, 15) is 47.0 Å². The second-order valence-corrected chi connectivity index (χ2v) is 32.7. The molecule has 10 amide bonds. The molecule has 2 fully saturated rings. The van der Waals surface area contributed by atoms with E-state index in [2.05, 4.69) is 52.8 Å². The predicted octanol–water partition coefficient (Wildman–Crippen LogP) is 2.15. The van der Waals surface area contributed by atoms with Gasteiger partial charge >= 0.3 is 12.1 Å². The van der Waals surface area contributed by atoms with E-state index in [1.54, 1.807) is 90.6 Å². The molecule has 0 aliphatic carbocycles. The summed E-state index contributed by atoms with van der Waals surface area (Å²) in [5.74, 6) is -14.8. The number of quaternary nitrogens is 1. The Bertz CT molecular complexity index is 4810. The van der Waals surface area contributed by atoms with E-state index >= 15 is 33.2 Å². The second kappa shape index (κ2) is 42.5. The number of carboxylic acids is 1. The Balaban J connectivity index is 0.00000217. The Kier molecular flexibility index (Phi) is 32.3. The topological polar surface area (TPSA) is 438 Å². The van der Waals surface area contributed by atoms with Crippen molar-refractivity contribution in [1.29, 1.82) is 0 Å². The lowest BCUT2D eigenvalue weighted by molar-refractivity contribution is -0.870. The van der Waals surface area contributed by atoms with Crippen LogP contribution in [0.15, 0.2) is 103 Å². The van der Waals surface area contributed by atoms with E-state index in [1.165, 1.54) is 47.6 Å². The van der Waals surface area contributed by atoms with Gasteiger partial charge in [0.1, 0.15) is 60.1 Å². The van der Waals surface area contributed by atoms with E-state index in [4.69, 9.17) is 28.8 Å². The number of methoxy groups -OCH3 is 1. The summed E-state index contributed by atoms with van der Waals surface area (Å²) in [5, 5.41) is 50.7. The van der Waals surface area contributed by atoms with Crippen molar-refractivity contribution in [3.8, 4) is 5.75 Å². The number of ether oxygens (including phenoxy) is 4. The predicted molar refractivity (Wildman–Crippen MR) is 433 cm³/mol. The number of nitrogens with one attached hydrogen (secondary N) is 8. The summed E-state index contributed by atoms with van der Waals surface area (Å²) in [6.45, 7) is 4.70. The largest absolute Gasteiger partial charge is 0.497 e.